The van der Waals surface area contributed by atoms with Crippen LogP contribution >= 0.6 is 0 Å². The number of ether oxygens (including phenoxy) is 2. The van der Waals surface area contributed by atoms with Gasteiger partial charge in [-0.25, -0.2) is 0 Å². The first-order valence-corrected chi connectivity index (χ1v) is 6.56. The van der Waals surface area contributed by atoms with Crippen molar-refractivity contribution in [3.8, 4) is 0 Å². The molecule has 0 fully saturated rings. The molecule has 0 aliphatic heterocycles. The molecular weight excluding hydrogens is 216 g/mol. The summed E-state index contributed by atoms with van der Waals surface area (Å²) in [6.07, 6.45) is 1.84. The Hall–Kier alpha value is -0.570. The van der Waals surface area contributed by atoms with E-state index < -0.39 is 5.41 Å². The zero-order chi connectivity index (χ0) is 13.5. The zero-order valence-electron chi connectivity index (χ0n) is 12.2. The smallest absolute Gasteiger partial charge is 0.314 e. The molecule has 1 unspecified atom stereocenters. The van der Waals surface area contributed by atoms with Gasteiger partial charge in [0, 0.05) is 7.11 Å². The Bertz CT molecular complexity index is 224. The Labute approximate surface area is 106 Å². The van der Waals surface area contributed by atoms with Crippen molar-refractivity contribution in [1.82, 2.24) is 0 Å². The molecule has 0 saturated carbocycles. The number of methoxy groups -OCH3 is 1. The van der Waals surface area contributed by atoms with Gasteiger partial charge in [0.15, 0.2) is 0 Å². The maximum atomic E-state index is 12.2. The molecular formula is C14H28O3. The van der Waals surface area contributed by atoms with Gasteiger partial charge in [-0.3, -0.25) is 4.79 Å². The fraction of sp³-hybridized carbons (Fsp3) is 0.929. The molecule has 1 atom stereocenters. The molecule has 0 aromatic rings. The molecule has 0 saturated heterocycles. The lowest BCUT2D eigenvalue weighted by Crippen LogP contribution is -2.42. The Morgan fingerprint density at radius 2 is 1.82 bits per heavy atom. The Morgan fingerprint density at radius 3 is 2.18 bits per heavy atom. The third-order valence-electron chi connectivity index (χ3n) is 3.36. The molecule has 3 nitrogen and oxygen atoms in total. The highest BCUT2D eigenvalue weighted by atomic mass is 16.5. The summed E-state index contributed by atoms with van der Waals surface area (Å²) in [5.41, 5.74) is -0.491. The quantitative estimate of drug-likeness (QED) is 0.615. The molecule has 0 bridgehead atoms. The summed E-state index contributed by atoms with van der Waals surface area (Å²) in [6, 6.07) is 0. The summed E-state index contributed by atoms with van der Waals surface area (Å²) < 4.78 is 10.5. The summed E-state index contributed by atoms with van der Waals surface area (Å²) in [5.74, 6) is 0.692. The molecule has 0 radical (unpaired) electrons. The molecule has 17 heavy (non-hydrogen) atoms. The van der Waals surface area contributed by atoms with Gasteiger partial charge in [-0.05, 0) is 31.6 Å². The zero-order valence-corrected chi connectivity index (χ0v) is 12.2. The normalized spacial score (nSPS) is 15.1. The lowest BCUT2D eigenvalue weighted by Gasteiger charge is -2.35. The van der Waals surface area contributed by atoms with Crippen LogP contribution < -0.4 is 0 Å². The topological polar surface area (TPSA) is 35.5 Å². The van der Waals surface area contributed by atoms with Crippen LogP contribution in [0.2, 0.25) is 0 Å². The highest BCUT2D eigenvalue weighted by Crippen LogP contribution is 2.36. The summed E-state index contributed by atoms with van der Waals surface area (Å²) in [7, 11) is 1.64. The van der Waals surface area contributed by atoms with Crippen molar-refractivity contribution in [3.05, 3.63) is 0 Å². The minimum Gasteiger partial charge on any atom is -0.465 e. The van der Waals surface area contributed by atoms with Gasteiger partial charge < -0.3 is 9.47 Å². The Morgan fingerprint density at radius 1 is 1.24 bits per heavy atom. The molecule has 0 aliphatic carbocycles. The number of carbonyl (C=O) groups excluding carboxylic acids is 1. The van der Waals surface area contributed by atoms with Gasteiger partial charge in [0.2, 0.25) is 0 Å². The van der Waals surface area contributed by atoms with Crippen molar-refractivity contribution in [3.63, 3.8) is 0 Å². The first kappa shape index (κ1) is 16.4. The standard InChI is InChI=1S/C14H28O3/c1-7-17-13(15)14(10-16-6,12(4)5)9-8-11(2)3/h11-12H,7-10H2,1-6H3. The third-order valence-corrected chi connectivity index (χ3v) is 3.36. The Balaban J connectivity index is 4.91. The van der Waals surface area contributed by atoms with Gasteiger partial charge in [0.05, 0.1) is 18.6 Å². The van der Waals surface area contributed by atoms with Crippen molar-refractivity contribution >= 4 is 5.97 Å². The molecule has 0 amide bonds. The molecule has 0 aromatic carbocycles. The van der Waals surface area contributed by atoms with Crippen LogP contribution in [-0.2, 0) is 14.3 Å². The third kappa shape index (κ3) is 4.66. The SMILES string of the molecule is CCOC(=O)C(CCC(C)C)(COC)C(C)C. The van der Waals surface area contributed by atoms with Gasteiger partial charge in [0.1, 0.15) is 0 Å². The van der Waals surface area contributed by atoms with Gasteiger partial charge in [-0.1, -0.05) is 27.7 Å². The van der Waals surface area contributed by atoms with Crippen LogP contribution in [0.3, 0.4) is 0 Å². The first-order chi connectivity index (χ1) is 7.90. The van der Waals surface area contributed by atoms with Crippen LogP contribution in [0.25, 0.3) is 0 Å². The van der Waals surface area contributed by atoms with Crippen molar-refractivity contribution < 1.29 is 14.3 Å². The van der Waals surface area contributed by atoms with E-state index >= 15 is 0 Å². The molecule has 0 aliphatic rings. The van der Waals surface area contributed by atoms with E-state index in [9.17, 15) is 4.79 Å². The summed E-state index contributed by atoms with van der Waals surface area (Å²) in [6.45, 7) is 11.2. The molecule has 0 rings (SSSR count). The van der Waals surface area contributed by atoms with E-state index in [0.29, 0.717) is 19.1 Å². The van der Waals surface area contributed by atoms with Crippen LogP contribution in [0.4, 0.5) is 0 Å². The minimum absolute atomic E-state index is 0.113. The van der Waals surface area contributed by atoms with Gasteiger partial charge >= 0.3 is 5.97 Å². The van der Waals surface area contributed by atoms with Crippen LogP contribution in [0.1, 0.15) is 47.5 Å². The van der Waals surface area contributed by atoms with E-state index in [4.69, 9.17) is 9.47 Å². The second-order valence-electron chi connectivity index (χ2n) is 5.40. The number of hydrogen-bond acceptors (Lipinski definition) is 3. The largest absolute Gasteiger partial charge is 0.465 e. The number of carbonyl (C=O) groups is 1. The lowest BCUT2D eigenvalue weighted by atomic mass is 9.73. The average Bonchev–Trinajstić information content (AvgIpc) is 2.23. The predicted octanol–water partition coefficient (Wildman–Crippen LogP) is 3.27. The summed E-state index contributed by atoms with van der Waals surface area (Å²) in [5, 5.41) is 0. The van der Waals surface area contributed by atoms with Crippen molar-refractivity contribution in [1.29, 1.82) is 0 Å². The van der Waals surface area contributed by atoms with E-state index in [1.54, 1.807) is 7.11 Å². The number of hydrogen-bond donors (Lipinski definition) is 0. The second-order valence-corrected chi connectivity index (χ2v) is 5.40. The molecule has 3 heteroatoms. The highest BCUT2D eigenvalue weighted by Gasteiger charge is 2.42. The van der Waals surface area contributed by atoms with Crippen LogP contribution in [0.5, 0.6) is 0 Å². The lowest BCUT2D eigenvalue weighted by molar-refractivity contribution is -0.163. The molecule has 0 heterocycles. The summed E-state index contributed by atoms with van der Waals surface area (Å²) in [4.78, 5) is 12.2. The van der Waals surface area contributed by atoms with Crippen molar-refractivity contribution in [2.45, 2.75) is 47.5 Å². The fourth-order valence-electron chi connectivity index (χ4n) is 2.00. The van der Waals surface area contributed by atoms with Gasteiger partial charge in [0.25, 0.3) is 0 Å². The van der Waals surface area contributed by atoms with Crippen LogP contribution in [-0.4, -0.2) is 26.3 Å². The average molecular weight is 244 g/mol. The maximum Gasteiger partial charge on any atom is 0.314 e. The number of esters is 1. The molecule has 102 valence electrons. The Kier molecular flexibility index (Phi) is 7.44. The second kappa shape index (κ2) is 7.70. The summed E-state index contributed by atoms with van der Waals surface area (Å²) >= 11 is 0. The van der Waals surface area contributed by atoms with Crippen molar-refractivity contribution in [2.75, 3.05) is 20.3 Å². The van der Waals surface area contributed by atoms with Crippen molar-refractivity contribution in [2.24, 2.45) is 17.3 Å². The van der Waals surface area contributed by atoms with E-state index in [0.717, 1.165) is 12.8 Å². The molecule has 0 aromatic heterocycles. The van der Waals surface area contributed by atoms with Gasteiger partial charge in [-0.15, -0.1) is 0 Å². The predicted molar refractivity (Wildman–Crippen MR) is 69.9 cm³/mol. The fourth-order valence-corrected chi connectivity index (χ4v) is 2.00. The maximum absolute atomic E-state index is 12.2. The highest BCUT2D eigenvalue weighted by molar-refractivity contribution is 5.77. The van der Waals surface area contributed by atoms with E-state index in [1.165, 1.54) is 0 Å². The molecule has 0 spiro atoms. The van der Waals surface area contributed by atoms with E-state index in [1.807, 2.05) is 6.92 Å². The first-order valence-electron chi connectivity index (χ1n) is 6.56. The molecule has 0 N–H and O–H groups in total. The van der Waals surface area contributed by atoms with Gasteiger partial charge in [-0.2, -0.15) is 0 Å². The minimum atomic E-state index is -0.491. The monoisotopic (exact) mass is 244 g/mol. The van der Waals surface area contributed by atoms with E-state index in [-0.39, 0.29) is 11.9 Å². The van der Waals surface area contributed by atoms with Crippen LogP contribution in [0.15, 0.2) is 0 Å². The number of rotatable bonds is 8. The van der Waals surface area contributed by atoms with Crippen LogP contribution in [0, 0.1) is 17.3 Å². The van der Waals surface area contributed by atoms with E-state index in [2.05, 4.69) is 27.7 Å².